The molecule has 0 aliphatic heterocycles. The van der Waals surface area contributed by atoms with Crippen LogP contribution in [0.3, 0.4) is 0 Å². The predicted octanol–water partition coefficient (Wildman–Crippen LogP) is 8.61. The van der Waals surface area contributed by atoms with Crippen molar-refractivity contribution in [2.24, 2.45) is 0 Å². The molecule has 0 atom stereocenters. The minimum absolute atomic E-state index is 0. The Kier molecular flexibility index (Phi) is 21.5. The first kappa shape index (κ1) is 63.0. The van der Waals surface area contributed by atoms with Gasteiger partial charge in [-0.3, -0.25) is 25.0 Å². The number of hydrogen-bond acceptors (Lipinski definition) is 13. The van der Waals surface area contributed by atoms with Crippen LogP contribution >= 0.6 is 0 Å². The number of carbonyl (C=O) groups excluding carboxylic acids is 1. The van der Waals surface area contributed by atoms with Crippen molar-refractivity contribution in [1.82, 2.24) is 34.5 Å². The SMILES string of the molecule is O=CO[O-].O=[N+]([O-])c1ccccc1-n1c2ccccc2c2ccc(-c3nc(-c4ccccc4)nc(-c4ccccc4)n3)cc21.O=[N+]([O-])c1ccccc1F.[H-].[K+].[K+].c1ccc(-c2nc(-c3ccccc3)nc(-c3ccc4c(c3)Cc3ccccc3-4)n2)cc1. The Labute approximate surface area is 584 Å². The van der Waals surface area contributed by atoms with Crippen molar-refractivity contribution in [1.29, 1.82) is 0 Å². The first-order chi connectivity index (χ1) is 41.6. The van der Waals surface area contributed by atoms with Gasteiger partial charge in [0.15, 0.2) is 34.9 Å². The summed E-state index contributed by atoms with van der Waals surface area (Å²) in [5, 5.41) is 32.4. The maximum absolute atomic E-state index is 12.4. The number of fused-ring (bicyclic) bond motifs is 6. The molecule has 0 spiro atoms. The standard InChI is InChI=1S/C33H21N5O2.C28H19N3.C6H4FNO2.CH2O3.2K.H/c39-38(40)29-18-10-9-17-28(29)37-27-16-8-7-15-25(27)26-20-19-24(21-30(26)37)33-35-31(22-11-3-1-4-12-22)34-32(36-33)23-13-5-2-6-14-23;1-3-9-19(10-4-1)26-29-27(20-11-5-2-6-12-20)31-28(30-26)22-15-16-25-23(18-22)17-21-13-7-8-14-24(21)25;7-5-3-1-2-4-6(5)8(9)10;2-1-4-3;;;/h1-21H;1-16,18H,17H2;1-4H;1,3H;;;/q;;;;2*+1;-1/p-1. The van der Waals surface area contributed by atoms with Crippen molar-refractivity contribution in [2.45, 2.75) is 6.42 Å². The fraction of sp³-hybridized carbons (Fsp3) is 0.0147. The number of nitro groups is 2. The molecule has 0 saturated carbocycles. The van der Waals surface area contributed by atoms with Crippen LogP contribution in [0.2, 0.25) is 0 Å². The van der Waals surface area contributed by atoms with Crippen LogP contribution in [0.1, 0.15) is 12.6 Å². The third-order valence-corrected chi connectivity index (χ3v) is 13.8. The van der Waals surface area contributed by atoms with Crippen molar-refractivity contribution in [3.05, 3.63) is 292 Å². The maximum Gasteiger partial charge on any atom is 1.00 e. The van der Waals surface area contributed by atoms with Crippen molar-refractivity contribution in [3.8, 4) is 85.1 Å². The van der Waals surface area contributed by atoms with Gasteiger partial charge in [0, 0.05) is 56.3 Å². The fourth-order valence-corrected chi connectivity index (χ4v) is 9.94. The number of nitro benzene ring substituents is 2. The molecule has 1 aliphatic rings. The first-order valence-electron chi connectivity index (χ1n) is 26.5. The van der Waals surface area contributed by atoms with Crippen LogP contribution in [0.25, 0.3) is 107 Å². The summed E-state index contributed by atoms with van der Waals surface area (Å²) in [5.74, 6) is 2.95. The normalized spacial score (nSPS) is 10.6. The Morgan fingerprint density at radius 3 is 1.28 bits per heavy atom. The molecule has 13 aromatic rings. The Morgan fingerprint density at radius 2 is 0.793 bits per heavy atom. The Bertz CT molecular complexity index is 4460. The molecule has 0 radical (unpaired) electrons. The number of halogens is 1. The third-order valence-electron chi connectivity index (χ3n) is 13.8. The zero-order valence-electron chi connectivity index (χ0n) is 47.8. The van der Waals surface area contributed by atoms with Crippen LogP contribution in [-0.4, -0.2) is 50.8 Å². The van der Waals surface area contributed by atoms with E-state index in [4.69, 9.17) is 40.0 Å². The van der Waals surface area contributed by atoms with E-state index < -0.39 is 16.4 Å². The van der Waals surface area contributed by atoms with Gasteiger partial charge < -0.3 is 16.1 Å². The van der Waals surface area contributed by atoms with E-state index in [1.54, 1.807) is 12.1 Å². The Morgan fingerprint density at radius 1 is 0.414 bits per heavy atom. The summed E-state index contributed by atoms with van der Waals surface area (Å²) < 4.78 is 14.3. The summed E-state index contributed by atoms with van der Waals surface area (Å²) in [6.07, 6.45) is 0.946. The molecule has 87 heavy (non-hydrogen) atoms. The van der Waals surface area contributed by atoms with Crippen molar-refractivity contribution in [2.75, 3.05) is 0 Å². The zero-order chi connectivity index (χ0) is 58.7. The van der Waals surface area contributed by atoms with Crippen LogP contribution in [-0.2, 0) is 16.1 Å². The summed E-state index contributed by atoms with van der Waals surface area (Å²) in [7, 11) is 0. The van der Waals surface area contributed by atoms with Gasteiger partial charge in [0.1, 0.15) is 5.69 Å². The number of para-hydroxylation sites is 4. The van der Waals surface area contributed by atoms with Crippen LogP contribution in [0, 0.1) is 26.0 Å². The number of aromatic nitrogens is 7. The second-order valence-corrected chi connectivity index (χ2v) is 19.0. The van der Waals surface area contributed by atoms with E-state index in [9.17, 15) is 24.6 Å². The molecule has 10 aromatic carbocycles. The molecule has 3 aromatic heterocycles. The topological polar surface area (TPSA) is 218 Å². The van der Waals surface area contributed by atoms with Gasteiger partial charge in [0.2, 0.25) is 5.82 Å². The molecular formula is C68H46FK2N9O7. The van der Waals surface area contributed by atoms with Crippen molar-refractivity contribution < 1.29 is 133 Å². The Hall–Kier alpha value is -8.55. The number of rotatable bonds is 10. The largest absolute Gasteiger partial charge is 1.00 e. The molecule has 19 heteroatoms. The molecular weight excluding hydrogens is 1150 g/mol. The maximum atomic E-state index is 12.4. The second kappa shape index (κ2) is 29.7. The summed E-state index contributed by atoms with van der Waals surface area (Å²) in [6, 6.07) is 80.8. The molecule has 0 amide bonds. The summed E-state index contributed by atoms with van der Waals surface area (Å²) in [4.78, 5) is 61.1. The van der Waals surface area contributed by atoms with Crippen molar-refractivity contribution >= 4 is 39.7 Å². The van der Waals surface area contributed by atoms with E-state index in [0.717, 1.165) is 73.7 Å². The van der Waals surface area contributed by atoms with E-state index >= 15 is 0 Å². The number of carbonyl (C=O) groups is 1. The molecule has 14 rings (SSSR count). The van der Waals surface area contributed by atoms with Gasteiger partial charge >= 0.3 is 108 Å². The molecule has 0 bridgehead atoms. The molecule has 414 valence electrons. The Balaban J connectivity index is 0.000000185. The van der Waals surface area contributed by atoms with Gasteiger partial charge in [-0.1, -0.05) is 212 Å². The van der Waals surface area contributed by atoms with E-state index in [2.05, 4.69) is 47.4 Å². The smallest absolute Gasteiger partial charge is 1.00 e. The van der Waals surface area contributed by atoms with E-state index in [0.29, 0.717) is 40.6 Å². The van der Waals surface area contributed by atoms with Gasteiger partial charge in [0.05, 0.1) is 20.9 Å². The fourth-order valence-electron chi connectivity index (χ4n) is 9.94. The molecule has 1 aliphatic carbocycles. The molecule has 0 saturated heterocycles. The minimum atomic E-state index is -0.799. The minimum Gasteiger partial charge on any atom is -1.00 e. The molecule has 16 nitrogen and oxygen atoms in total. The molecule has 0 fully saturated rings. The van der Waals surface area contributed by atoms with Gasteiger partial charge in [0.25, 0.3) is 12.2 Å². The number of hydrogen-bond donors (Lipinski definition) is 0. The van der Waals surface area contributed by atoms with Gasteiger partial charge in [-0.25, -0.2) is 29.9 Å². The van der Waals surface area contributed by atoms with Crippen LogP contribution in [0.15, 0.2) is 255 Å². The monoisotopic (exact) mass is 1200 g/mol. The van der Waals surface area contributed by atoms with Gasteiger partial charge in [-0.15, -0.1) is 0 Å². The second-order valence-electron chi connectivity index (χ2n) is 19.0. The number of nitrogens with zero attached hydrogens (tertiary/aromatic N) is 9. The van der Waals surface area contributed by atoms with E-state index in [-0.39, 0.29) is 121 Å². The number of benzene rings is 10. The first-order valence-corrected chi connectivity index (χ1v) is 26.5. The van der Waals surface area contributed by atoms with Gasteiger partial charge in [-0.05, 0) is 59.0 Å². The average molecular weight is 1200 g/mol. The van der Waals surface area contributed by atoms with Crippen LogP contribution in [0.4, 0.5) is 15.8 Å². The van der Waals surface area contributed by atoms with Gasteiger partial charge in [-0.2, -0.15) is 4.39 Å². The summed E-state index contributed by atoms with van der Waals surface area (Å²) in [6.45, 7) is -0.181. The predicted molar refractivity (Wildman–Crippen MR) is 323 cm³/mol. The molecule has 3 heterocycles. The van der Waals surface area contributed by atoms with Crippen LogP contribution in [0.5, 0.6) is 0 Å². The summed E-state index contributed by atoms with van der Waals surface area (Å²) in [5.41, 5.74) is 12.6. The van der Waals surface area contributed by atoms with Crippen LogP contribution < -0.4 is 108 Å². The quantitative estimate of drug-likeness (QED) is 0.0412. The van der Waals surface area contributed by atoms with Crippen molar-refractivity contribution in [3.63, 3.8) is 0 Å². The molecule has 0 N–H and O–H groups in total. The van der Waals surface area contributed by atoms with E-state index in [1.807, 2.05) is 174 Å². The third kappa shape index (κ3) is 14.5. The van der Waals surface area contributed by atoms with E-state index in [1.165, 1.54) is 40.5 Å². The summed E-state index contributed by atoms with van der Waals surface area (Å²) >= 11 is 0. The zero-order valence-corrected chi connectivity index (χ0v) is 53.0. The average Bonchev–Trinajstić information content (AvgIpc) is 1.76. The molecule has 0 unspecified atom stereocenters.